The highest BCUT2D eigenvalue weighted by Gasteiger charge is 2.05. The first-order valence-corrected chi connectivity index (χ1v) is 3.93. The maximum Gasteiger partial charge on any atom is 0.0634 e. The van der Waals surface area contributed by atoms with Gasteiger partial charge in [0.15, 0.2) is 0 Å². The van der Waals surface area contributed by atoms with Gasteiger partial charge in [0.05, 0.1) is 6.04 Å². The fraction of sp³-hybridized carbons (Fsp3) is 0.300. The van der Waals surface area contributed by atoms with Crippen molar-refractivity contribution in [1.82, 2.24) is 0 Å². The van der Waals surface area contributed by atoms with E-state index in [0.29, 0.717) is 0 Å². The van der Waals surface area contributed by atoms with Crippen LogP contribution in [0.25, 0.3) is 0 Å². The summed E-state index contributed by atoms with van der Waals surface area (Å²) in [5.41, 5.74) is 8.26. The monoisotopic (exact) mass is 148 g/mol. The quantitative estimate of drug-likeness (QED) is 0.684. The minimum Gasteiger partial charge on any atom is -0.320 e. The third-order valence-electron chi connectivity index (χ3n) is 1.87. The molecule has 59 valence electrons. The lowest BCUT2D eigenvalue weighted by Gasteiger charge is -2.10. The van der Waals surface area contributed by atoms with Crippen LogP contribution >= 0.6 is 0 Å². The van der Waals surface area contributed by atoms with Crippen molar-refractivity contribution in [2.45, 2.75) is 20.3 Å². The zero-order valence-electron chi connectivity index (χ0n) is 7.09. The first-order chi connectivity index (χ1) is 5.25. The molecule has 0 unspecified atom stereocenters. The molecule has 1 aromatic carbocycles. The molecule has 1 aromatic rings. The molecular weight excluding hydrogens is 134 g/mol. The molecule has 1 heteroatoms. The molecule has 0 atom stereocenters. The summed E-state index contributed by atoms with van der Waals surface area (Å²) in [6.45, 7) is 4.15. The van der Waals surface area contributed by atoms with Crippen LogP contribution in [0, 0.1) is 13.0 Å². The van der Waals surface area contributed by atoms with Gasteiger partial charge in [0.1, 0.15) is 0 Å². The van der Waals surface area contributed by atoms with Gasteiger partial charge in [-0.05, 0) is 24.5 Å². The molecule has 0 aliphatic carbocycles. The summed E-state index contributed by atoms with van der Waals surface area (Å²) >= 11 is 0. The van der Waals surface area contributed by atoms with Crippen LogP contribution in [0.15, 0.2) is 24.3 Å². The van der Waals surface area contributed by atoms with Gasteiger partial charge in [-0.15, -0.1) is 0 Å². The Morgan fingerprint density at radius 1 is 1.36 bits per heavy atom. The van der Waals surface area contributed by atoms with Gasteiger partial charge in [-0.1, -0.05) is 31.2 Å². The Bertz CT molecular complexity index is 230. The number of nitrogens with two attached hydrogens (primary N) is 1. The van der Waals surface area contributed by atoms with Gasteiger partial charge in [0.2, 0.25) is 0 Å². The van der Waals surface area contributed by atoms with E-state index in [4.69, 9.17) is 5.73 Å². The lowest BCUT2D eigenvalue weighted by molar-refractivity contribution is 0.917. The minimum absolute atomic E-state index is 0.921. The fourth-order valence-corrected chi connectivity index (χ4v) is 1.12. The Labute approximate surface area is 68.2 Å². The number of rotatable bonds is 2. The average molecular weight is 148 g/mol. The molecule has 1 radical (unpaired) electrons. The standard InChI is InChI=1S/C10H14N/c1-3-10(11)9-7-5-4-6-8(9)2/h4-7H,3,11H2,1-2H3. The maximum absolute atomic E-state index is 5.81. The van der Waals surface area contributed by atoms with Gasteiger partial charge in [-0.25, -0.2) is 0 Å². The molecule has 0 bridgehead atoms. The first kappa shape index (κ1) is 8.28. The Kier molecular flexibility index (Phi) is 2.66. The molecular formula is C10H14N. The Hall–Kier alpha value is -0.820. The molecule has 0 saturated carbocycles. The van der Waals surface area contributed by atoms with E-state index >= 15 is 0 Å². The Morgan fingerprint density at radius 2 is 2.00 bits per heavy atom. The number of benzene rings is 1. The van der Waals surface area contributed by atoms with Gasteiger partial charge < -0.3 is 5.73 Å². The molecule has 0 fully saturated rings. The molecule has 2 N–H and O–H groups in total. The highest BCUT2D eigenvalue weighted by atomic mass is 14.6. The van der Waals surface area contributed by atoms with E-state index in [0.717, 1.165) is 12.5 Å². The van der Waals surface area contributed by atoms with Crippen molar-refractivity contribution in [3.05, 3.63) is 41.4 Å². The SMILES string of the molecule is CC[C](N)c1ccccc1C. The normalized spacial score (nSPS) is 10.5. The molecule has 0 spiro atoms. The zero-order chi connectivity index (χ0) is 8.27. The smallest absolute Gasteiger partial charge is 0.0634 e. The number of hydrogen-bond acceptors (Lipinski definition) is 1. The van der Waals surface area contributed by atoms with Crippen molar-refractivity contribution >= 4 is 0 Å². The van der Waals surface area contributed by atoms with Gasteiger partial charge in [-0.3, -0.25) is 0 Å². The highest BCUT2D eigenvalue weighted by molar-refractivity contribution is 5.35. The van der Waals surface area contributed by atoms with Crippen molar-refractivity contribution in [3.63, 3.8) is 0 Å². The van der Waals surface area contributed by atoms with Gasteiger partial charge >= 0.3 is 0 Å². The van der Waals surface area contributed by atoms with E-state index in [1.807, 2.05) is 12.1 Å². The topological polar surface area (TPSA) is 26.0 Å². The van der Waals surface area contributed by atoms with E-state index in [1.165, 1.54) is 11.1 Å². The van der Waals surface area contributed by atoms with Crippen LogP contribution in [0.3, 0.4) is 0 Å². The summed E-state index contributed by atoms with van der Waals surface area (Å²) in [7, 11) is 0. The largest absolute Gasteiger partial charge is 0.320 e. The van der Waals surface area contributed by atoms with Crippen LogP contribution in [0.1, 0.15) is 24.5 Å². The van der Waals surface area contributed by atoms with E-state index < -0.39 is 0 Å². The molecule has 1 rings (SSSR count). The predicted molar refractivity (Wildman–Crippen MR) is 48.0 cm³/mol. The van der Waals surface area contributed by atoms with Crippen LogP contribution in [0.2, 0.25) is 0 Å². The van der Waals surface area contributed by atoms with Gasteiger partial charge in [0, 0.05) is 0 Å². The summed E-state index contributed by atoms with van der Waals surface area (Å²) in [6, 6.07) is 9.17. The van der Waals surface area contributed by atoms with Crippen LogP contribution in [0.4, 0.5) is 0 Å². The van der Waals surface area contributed by atoms with E-state index in [2.05, 4.69) is 26.0 Å². The second kappa shape index (κ2) is 3.54. The van der Waals surface area contributed by atoms with Gasteiger partial charge in [-0.2, -0.15) is 0 Å². The molecule has 0 aliphatic heterocycles. The average Bonchev–Trinajstić information content (AvgIpc) is 2.04. The fourth-order valence-electron chi connectivity index (χ4n) is 1.12. The van der Waals surface area contributed by atoms with Crippen molar-refractivity contribution in [3.8, 4) is 0 Å². The van der Waals surface area contributed by atoms with Gasteiger partial charge in [0.25, 0.3) is 0 Å². The summed E-state index contributed by atoms with van der Waals surface area (Å²) in [5, 5.41) is 0. The van der Waals surface area contributed by atoms with Crippen LogP contribution in [0.5, 0.6) is 0 Å². The molecule has 0 aliphatic rings. The van der Waals surface area contributed by atoms with Crippen LogP contribution in [-0.2, 0) is 0 Å². The molecule has 11 heavy (non-hydrogen) atoms. The number of hydrogen-bond donors (Lipinski definition) is 1. The molecule has 1 nitrogen and oxygen atoms in total. The second-order valence-electron chi connectivity index (χ2n) is 2.69. The highest BCUT2D eigenvalue weighted by Crippen LogP contribution is 2.16. The molecule has 0 heterocycles. The van der Waals surface area contributed by atoms with Crippen molar-refractivity contribution in [1.29, 1.82) is 0 Å². The Morgan fingerprint density at radius 3 is 2.55 bits per heavy atom. The third kappa shape index (κ3) is 1.81. The van der Waals surface area contributed by atoms with Crippen LogP contribution < -0.4 is 5.73 Å². The van der Waals surface area contributed by atoms with Crippen molar-refractivity contribution in [2.24, 2.45) is 5.73 Å². The molecule has 0 aromatic heterocycles. The van der Waals surface area contributed by atoms with Crippen LogP contribution in [-0.4, -0.2) is 0 Å². The first-order valence-electron chi connectivity index (χ1n) is 3.93. The van der Waals surface area contributed by atoms with E-state index in [-0.39, 0.29) is 0 Å². The van der Waals surface area contributed by atoms with Crippen molar-refractivity contribution in [2.75, 3.05) is 0 Å². The predicted octanol–water partition coefficient (Wildman–Crippen LogP) is 2.24. The number of aryl methyl sites for hydroxylation is 1. The summed E-state index contributed by atoms with van der Waals surface area (Å²) in [4.78, 5) is 0. The Balaban J connectivity index is 2.93. The summed E-state index contributed by atoms with van der Waals surface area (Å²) < 4.78 is 0. The summed E-state index contributed by atoms with van der Waals surface area (Å²) in [6.07, 6.45) is 0.921. The lowest BCUT2D eigenvalue weighted by Crippen LogP contribution is -2.10. The minimum atomic E-state index is 0.921. The maximum atomic E-state index is 5.81. The van der Waals surface area contributed by atoms with E-state index in [9.17, 15) is 0 Å². The van der Waals surface area contributed by atoms with E-state index in [1.54, 1.807) is 0 Å². The summed E-state index contributed by atoms with van der Waals surface area (Å²) in [5.74, 6) is 0. The third-order valence-corrected chi connectivity index (χ3v) is 1.87. The molecule has 0 amide bonds. The van der Waals surface area contributed by atoms with Crippen molar-refractivity contribution < 1.29 is 0 Å². The lowest BCUT2D eigenvalue weighted by atomic mass is 10.0. The molecule has 0 saturated heterocycles. The zero-order valence-corrected chi connectivity index (χ0v) is 7.09. The second-order valence-corrected chi connectivity index (χ2v) is 2.69.